The van der Waals surface area contributed by atoms with E-state index in [1.807, 2.05) is 0 Å². The molecule has 19 heteroatoms. The van der Waals surface area contributed by atoms with Gasteiger partial charge in [-0.25, -0.2) is 9.13 Å². The van der Waals surface area contributed by atoms with Gasteiger partial charge in [-0.2, -0.15) is 0 Å². The van der Waals surface area contributed by atoms with Gasteiger partial charge in [-0.05, 0) is 57.3 Å². The molecule has 0 aromatic heterocycles. The fourth-order valence-corrected chi connectivity index (χ4v) is 12.7. The zero-order valence-electron chi connectivity index (χ0n) is 61.3. The van der Waals surface area contributed by atoms with Crippen LogP contribution in [0.1, 0.15) is 375 Å². The van der Waals surface area contributed by atoms with E-state index in [2.05, 4.69) is 58.9 Å². The first-order valence-electron chi connectivity index (χ1n) is 39.0. The molecular weight excluding hydrogens is 1250 g/mol. The van der Waals surface area contributed by atoms with Crippen molar-refractivity contribution in [3.8, 4) is 0 Å². The minimum Gasteiger partial charge on any atom is -0.462 e. The summed E-state index contributed by atoms with van der Waals surface area (Å²) < 4.78 is 68.5. The molecule has 0 spiro atoms. The number of aliphatic hydroxyl groups is 1. The number of rotatable bonds is 74. The van der Waals surface area contributed by atoms with Crippen molar-refractivity contribution in [1.82, 2.24) is 0 Å². The highest BCUT2D eigenvalue weighted by atomic mass is 31.2. The molecule has 2 unspecified atom stereocenters. The third-order valence-electron chi connectivity index (χ3n) is 17.2. The second kappa shape index (κ2) is 68.7. The summed E-state index contributed by atoms with van der Waals surface area (Å²) in [6.45, 7) is 7.23. The first-order valence-corrected chi connectivity index (χ1v) is 41.9. The van der Waals surface area contributed by atoms with Crippen molar-refractivity contribution < 1.29 is 80.2 Å². The largest absolute Gasteiger partial charge is 0.472 e. The topological polar surface area (TPSA) is 237 Å². The Balaban J connectivity index is 5.27. The Hall–Kier alpha value is -2.46. The van der Waals surface area contributed by atoms with E-state index in [0.29, 0.717) is 25.7 Å². The summed E-state index contributed by atoms with van der Waals surface area (Å²) in [4.78, 5) is 72.8. The van der Waals surface area contributed by atoms with Crippen LogP contribution < -0.4 is 0 Å². The third kappa shape index (κ3) is 69.8. The Morgan fingerprint density at radius 3 is 0.863 bits per heavy atom. The predicted molar refractivity (Wildman–Crippen MR) is 386 cm³/mol. The standard InChI is InChI=1S/C76H144O17P2/c1-6-9-12-15-18-21-23-25-27-31-35-40-45-50-55-60-74(79)87-66-72(93-76(81)62-57-52-47-42-37-33-29-30-34-39-43-48-53-58-69(4)5)68-91-95(84,85)89-64-70(77)63-88-94(82,83)90-67-71(65-86-73(78)59-54-49-44-38-20-17-14-11-8-3)92-75(80)61-56-51-46-41-36-32-28-26-24-22-19-16-13-10-7-2/h21,23,25,27,69-72,77H,6-20,22,24,26,28-68H2,1-5H3,(H,82,83)(H,84,85)/b23-21-,27-25-/t70-,71+,72+/m0/s1. The molecule has 560 valence electrons. The molecule has 0 radical (unpaired) electrons. The lowest BCUT2D eigenvalue weighted by atomic mass is 10.0. The van der Waals surface area contributed by atoms with E-state index < -0.39 is 97.5 Å². The Kier molecular flexibility index (Phi) is 66.9. The van der Waals surface area contributed by atoms with E-state index in [9.17, 15) is 43.2 Å². The molecule has 0 saturated carbocycles. The van der Waals surface area contributed by atoms with Gasteiger partial charge in [-0.3, -0.25) is 37.3 Å². The van der Waals surface area contributed by atoms with Crippen molar-refractivity contribution in [2.45, 2.75) is 393 Å². The van der Waals surface area contributed by atoms with Crippen LogP contribution in [0.15, 0.2) is 24.3 Å². The van der Waals surface area contributed by atoms with Crippen LogP contribution in [0.5, 0.6) is 0 Å². The maximum atomic E-state index is 13.1. The van der Waals surface area contributed by atoms with E-state index in [1.54, 1.807) is 0 Å². The fraction of sp³-hybridized carbons (Fsp3) is 0.895. The smallest absolute Gasteiger partial charge is 0.462 e. The minimum absolute atomic E-state index is 0.101. The van der Waals surface area contributed by atoms with E-state index in [1.165, 1.54) is 180 Å². The van der Waals surface area contributed by atoms with Crippen LogP contribution in [0.2, 0.25) is 0 Å². The number of hydrogen-bond acceptors (Lipinski definition) is 15. The van der Waals surface area contributed by atoms with Gasteiger partial charge >= 0.3 is 39.5 Å². The summed E-state index contributed by atoms with van der Waals surface area (Å²) in [5, 5.41) is 10.6. The Bertz CT molecular complexity index is 1920. The van der Waals surface area contributed by atoms with Gasteiger partial charge in [0.15, 0.2) is 12.2 Å². The van der Waals surface area contributed by atoms with Crippen LogP contribution in [-0.4, -0.2) is 96.7 Å². The summed E-state index contributed by atoms with van der Waals surface area (Å²) in [6.07, 6.45) is 60.3. The number of carbonyl (C=O) groups excluding carboxylic acids is 4. The van der Waals surface area contributed by atoms with Crippen LogP contribution in [-0.2, 0) is 65.4 Å². The van der Waals surface area contributed by atoms with Gasteiger partial charge in [0.2, 0.25) is 0 Å². The number of hydrogen-bond donors (Lipinski definition) is 3. The molecule has 5 atom stereocenters. The number of phosphoric ester groups is 2. The van der Waals surface area contributed by atoms with Crippen LogP contribution in [0.25, 0.3) is 0 Å². The van der Waals surface area contributed by atoms with E-state index in [4.69, 9.17) is 37.0 Å². The average molecular weight is 1390 g/mol. The molecule has 0 aromatic rings. The van der Waals surface area contributed by atoms with Crippen LogP contribution >= 0.6 is 15.6 Å². The number of ether oxygens (including phenoxy) is 4. The molecule has 0 amide bonds. The number of aliphatic hydroxyl groups excluding tert-OH is 1. The maximum Gasteiger partial charge on any atom is 0.472 e. The number of phosphoric acid groups is 2. The van der Waals surface area contributed by atoms with Crippen LogP contribution in [0.4, 0.5) is 0 Å². The van der Waals surface area contributed by atoms with Crippen molar-refractivity contribution in [3.05, 3.63) is 24.3 Å². The highest BCUT2D eigenvalue weighted by Crippen LogP contribution is 2.45. The summed E-state index contributed by atoms with van der Waals surface area (Å²) >= 11 is 0. The summed E-state index contributed by atoms with van der Waals surface area (Å²) in [5.74, 6) is -1.36. The molecule has 0 aliphatic rings. The molecule has 0 heterocycles. The SMILES string of the molecule is CCCCCC/C=C\C=C/CCCCCCCC(=O)OC[C@H](COP(=O)(O)OC[C@@H](O)COP(=O)(O)OC[C@@H](COC(=O)CCCCCCCCCCC)OC(=O)CCCCCCCCCCCCCCCCC)OC(=O)CCCCCCCCCCCCCCCC(C)C. The van der Waals surface area contributed by atoms with Crippen LogP contribution in [0, 0.1) is 5.92 Å². The van der Waals surface area contributed by atoms with Crippen molar-refractivity contribution in [1.29, 1.82) is 0 Å². The van der Waals surface area contributed by atoms with Crippen molar-refractivity contribution in [2.75, 3.05) is 39.6 Å². The first kappa shape index (κ1) is 92.5. The first-order chi connectivity index (χ1) is 46.0. The summed E-state index contributed by atoms with van der Waals surface area (Å²) in [5.41, 5.74) is 0. The van der Waals surface area contributed by atoms with Gasteiger partial charge in [0.25, 0.3) is 0 Å². The number of carbonyl (C=O) groups is 4. The lowest BCUT2D eigenvalue weighted by Gasteiger charge is -2.21. The normalized spacial score (nSPS) is 14.1. The fourth-order valence-electron chi connectivity index (χ4n) is 11.2. The lowest BCUT2D eigenvalue weighted by Crippen LogP contribution is -2.30. The summed E-state index contributed by atoms with van der Waals surface area (Å²) in [6, 6.07) is 0. The Morgan fingerprint density at radius 2 is 0.568 bits per heavy atom. The van der Waals surface area contributed by atoms with Crippen molar-refractivity contribution >= 4 is 39.5 Å². The van der Waals surface area contributed by atoms with E-state index in [-0.39, 0.29) is 25.7 Å². The van der Waals surface area contributed by atoms with Gasteiger partial charge in [-0.15, -0.1) is 0 Å². The van der Waals surface area contributed by atoms with Gasteiger partial charge in [0.1, 0.15) is 19.3 Å². The quantitative estimate of drug-likeness (QED) is 0.0169. The third-order valence-corrected chi connectivity index (χ3v) is 19.1. The van der Waals surface area contributed by atoms with Crippen molar-refractivity contribution in [3.63, 3.8) is 0 Å². The van der Waals surface area contributed by atoms with Gasteiger partial charge in [0.05, 0.1) is 26.4 Å². The monoisotopic (exact) mass is 1390 g/mol. The zero-order valence-corrected chi connectivity index (χ0v) is 63.1. The second-order valence-electron chi connectivity index (χ2n) is 27.2. The lowest BCUT2D eigenvalue weighted by molar-refractivity contribution is -0.161. The van der Waals surface area contributed by atoms with Gasteiger partial charge in [0, 0.05) is 25.7 Å². The molecule has 0 fully saturated rings. The molecule has 95 heavy (non-hydrogen) atoms. The molecular formula is C76H144O17P2. The molecule has 0 saturated heterocycles. The molecule has 0 aromatic carbocycles. The number of unbranched alkanes of at least 4 members (excludes halogenated alkanes) is 43. The number of allylic oxidation sites excluding steroid dienone is 4. The number of esters is 4. The highest BCUT2D eigenvalue weighted by Gasteiger charge is 2.30. The molecule has 0 aliphatic heterocycles. The molecule has 0 aliphatic carbocycles. The zero-order chi connectivity index (χ0) is 69.8. The molecule has 0 rings (SSSR count). The maximum absolute atomic E-state index is 13.1. The molecule has 0 bridgehead atoms. The predicted octanol–water partition coefficient (Wildman–Crippen LogP) is 22.0. The summed E-state index contributed by atoms with van der Waals surface area (Å²) in [7, 11) is -9.92. The average Bonchev–Trinajstić information content (AvgIpc) is 2.34. The Labute approximate surface area is 580 Å². The van der Waals surface area contributed by atoms with E-state index in [0.717, 1.165) is 115 Å². The minimum atomic E-state index is -4.96. The highest BCUT2D eigenvalue weighted by molar-refractivity contribution is 7.47. The van der Waals surface area contributed by atoms with Gasteiger partial charge < -0.3 is 33.8 Å². The molecule has 17 nitrogen and oxygen atoms in total. The van der Waals surface area contributed by atoms with E-state index >= 15 is 0 Å². The molecule has 3 N–H and O–H groups in total. The van der Waals surface area contributed by atoms with Crippen LogP contribution in [0.3, 0.4) is 0 Å². The Morgan fingerprint density at radius 1 is 0.326 bits per heavy atom. The van der Waals surface area contributed by atoms with Gasteiger partial charge in [-0.1, -0.05) is 322 Å². The second-order valence-corrected chi connectivity index (χ2v) is 30.1. The van der Waals surface area contributed by atoms with Crippen molar-refractivity contribution in [2.24, 2.45) is 5.92 Å².